The summed E-state index contributed by atoms with van der Waals surface area (Å²) in [5, 5.41) is 23.6. The average Bonchev–Trinajstić information content (AvgIpc) is 3.62. The first kappa shape index (κ1) is 27.0. The van der Waals surface area contributed by atoms with E-state index >= 15 is 0 Å². The van der Waals surface area contributed by atoms with Gasteiger partial charge in [0.2, 0.25) is 21.8 Å². The Balaban J connectivity index is 1.25. The number of carbonyl (C=O) groups excluding carboxylic acids is 2. The van der Waals surface area contributed by atoms with Gasteiger partial charge in [-0.3, -0.25) is 9.59 Å². The van der Waals surface area contributed by atoms with E-state index in [0.717, 1.165) is 11.1 Å². The van der Waals surface area contributed by atoms with Crippen LogP contribution in [0.2, 0.25) is 0 Å². The predicted octanol–water partition coefficient (Wildman–Crippen LogP) is -2.27. The van der Waals surface area contributed by atoms with Gasteiger partial charge in [-0.15, -0.1) is 16.9 Å². The number of hydrogen-bond acceptors (Lipinski definition) is 11. The molecule has 0 saturated carbocycles. The molecule has 0 spiro atoms. The lowest BCUT2D eigenvalue weighted by Gasteiger charge is -2.47. The summed E-state index contributed by atoms with van der Waals surface area (Å²) in [6.07, 6.45) is 2.48. The molecule has 0 aromatic carbocycles. The number of nitrogens with zero attached hydrogens (tertiary/aromatic N) is 6. The number of fused-ring (bicyclic) bond motifs is 1. The van der Waals surface area contributed by atoms with Crippen molar-refractivity contribution in [2.75, 3.05) is 19.6 Å². The van der Waals surface area contributed by atoms with Crippen LogP contribution in [-0.4, -0.2) is 110 Å². The summed E-state index contributed by atoms with van der Waals surface area (Å²) in [7, 11) is -3.87. The zero-order valence-electron chi connectivity index (χ0n) is 20.9. The summed E-state index contributed by atoms with van der Waals surface area (Å²) in [4.78, 5) is 41.9. The molecule has 7 atom stereocenters. The monoisotopic (exact) mass is 569 g/mol. The highest BCUT2D eigenvalue weighted by Crippen LogP contribution is 2.52. The van der Waals surface area contributed by atoms with Crippen LogP contribution in [0.1, 0.15) is 26.7 Å². The van der Waals surface area contributed by atoms with E-state index in [1.807, 2.05) is 6.92 Å². The second kappa shape index (κ2) is 10.2. The van der Waals surface area contributed by atoms with Crippen molar-refractivity contribution in [3.63, 3.8) is 0 Å². The number of carboxylic acid groups (broad SMARTS) is 1. The fraction of sp³-hybridized carbons (Fsp3) is 0.714. The smallest absolute Gasteiger partial charge is 0.353 e. The molecule has 0 radical (unpaired) electrons. The summed E-state index contributed by atoms with van der Waals surface area (Å²) in [5.41, 5.74) is 5.88. The lowest BCUT2D eigenvalue weighted by atomic mass is 9.78. The number of carbonyl (C=O) groups is 3. The number of amides is 2. The Bertz CT molecular complexity index is 1260. The number of sulfonamides is 1. The highest BCUT2D eigenvalue weighted by atomic mass is 32.2. The SMILES string of the molecule is C[C@@H](NS(=O)(=O)Cn1cnnn1)[C@H]1C(=O)N2C(C(=O)O)=C(SC3CN[C@H](C(=O)N4CC[C@@H](N)C4)C3)[C@H](C)[C@H]12. The minimum absolute atomic E-state index is 0.00500. The van der Waals surface area contributed by atoms with Crippen molar-refractivity contribution >= 4 is 39.6 Å². The van der Waals surface area contributed by atoms with Crippen LogP contribution in [0, 0.1) is 11.8 Å². The molecule has 1 unspecified atom stereocenters. The summed E-state index contributed by atoms with van der Waals surface area (Å²) in [5.74, 6) is -3.18. The molecule has 0 bridgehead atoms. The van der Waals surface area contributed by atoms with Crippen molar-refractivity contribution in [1.29, 1.82) is 0 Å². The first-order valence-corrected chi connectivity index (χ1v) is 15.0. The molecule has 38 heavy (non-hydrogen) atoms. The van der Waals surface area contributed by atoms with Gasteiger partial charge in [0.1, 0.15) is 12.0 Å². The quantitative estimate of drug-likeness (QED) is 0.232. The molecule has 1 aromatic heterocycles. The highest BCUT2D eigenvalue weighted by Gasteiger charge is 2.60. The van der Waals surface area contributed by atoms with E-state index < -0.39 is 45.8 Å². The van der Waals surface area contributed by atoms with E-state index in [-0.39, 0.29) is 34.9 Å². The standard InChI is InChI=1S/C21H31N9O6S2/c1-10-16-15(11(2)25-38(35,36)9-29-8-24-26-27-29)20(32)30(16)17(21(33)34)18(10)37-13-5-14(23-6-13)19(31)28-4-3-12(22)7-28/h8,10-16,23,25H,3-7,9,22H2,1-2H3,(H,33,34)/t10-,11-,12-,13?,14+,15-,16-/m1/s1. The Labute approximate surface area is 223 Å². The summed E-state index contributed by atoms with van der Waals surface area (Å²) in [6.45, 7) is 5.15. The van der Waals surface area contributed by atoms with Crippen molar-refractivity contribution in [1.82, 2.24) is 40.0 Å². The Morgan fingerprint density at radius 1 is 1.39 bits per heavy atom. The minimum atomic E-state index is -3.87. The molecular weight excluding hydrogens is 538 g/mol. The third-order valence-electron chi connectivity index (χ3n) is 7.61. The largest absolute Gasteiger partial charge is 0.477 e. The van der Waals surface area contributed by atoms with Gasteiger partial charge in [0.05, 0.1) is 18.0 Å². The minimum Gasteiger partial charge on any atom is -0.477 e. The Kier molecular flexibility index (Phi) is 7.23. The second-order valence-corrected chi connectivity index (χ2v) is 13.4. The number of rotatable bonds is 9. The maximum atomic E-state index is 13.1. The molecule has 4 aliphatic heterocycles. The van der Waals surface area contributed by atoms with Gasteiger partial charge in [-0.25, -0.2) is 22.6 Å². The van der Waals surface area contributed by atoms with Crippen molar-refractivity contribution in [2.24, 2.45) is 17.6 Å². The maximum Gasteiger partial charge on any atom is 0.353 e. The predicted molar refractivity (Wildman–Crippen MR) is 134 cm³/mol. The zero-order valence-corrected chi connectivity index (χ0v) is 22.6. The number of nitrogens with two attached hydrogens (primary N) is 1. The van der Waals surface area contributed by atoms with Crippen LogP contribution in [0.5, 0.6) is 0 Å². The fourth-order valence-electron chi connectivity index (χ4n) is 5.87. The molecule has 4 aliphatic rings. The van der Waals surface area contributed by atoms with Crippen molar-refractivity contribution < 1.29 is 27.9 Å². The molecular formula is C21H31N9O6S2. The Hall–Kier alpha value is -2.60. The third kappa shape index (κ3) is 4.92. The van der Waals surface area contributed by atoms with Gasteiger partial charge in [-0.05, 0) is 30.2 Å². The summed E-state index contributed by atoms with van der Waals surface area (Å²) in [6, 6.07) is -1.62. The zero-order chi connectivity index (χ0) is 27.4. The van der Waals surface area contributed by atoms with Crippen LogP contribution < -0.4 is 15.8 Å². The molecule has 3 saturated heterocycles. The van der Waals surface area contributed by atoms with Gasteiger partial charge in [0.15, 0.2) is 5.88 Å². The van der Waals surface area contributed by atoms with Gasteiger partial charge < -0.3 is 26.0 Å². The van der Waals surface area contributed by atoms with Crippen molar-refractivity contribution in [2.45, 2.75) is 62.0 Å². The van der Waals surface area contributed by atoms with Gasteiger partial charge in [-0.1, -0.05) is 6.92 Å². The molecule has 17 heteroatoms. The van der Waals surface area contributed by atoms with Crippen LogP contribution in [0.3, 0.4) is 0 Å². The molecule has 0 aliphatic carbocycles. The fourth-order valence-corrected chi connectivity index (χ4v) is 8.61. The lowest BCUT2D eigenvalue weighted by molar-refractivity contribution is -0.157. The number of likely N-dealkylation sites (tertiary alicyclic amines) is 1. The molecule has 1 aromatic rings. The van der Waals surface area contributed by atoms with Crippen molar-refractivity contribution in [3.05, 3.63) is 16.9 Å². The summed E-state index contributed by atoms with van der Waals surface area (Å²) < 4.78 is 28.7. The number of aromatic nitrogens is 4. The van der Waals surface area contributed by atoms with Crippen LogP contribution in [0.4, 0.5) is 0 Å². The van der Waals surface area contributed by atoms with E-state index in [2.05, 4.69) is 25.6 Å². The Morgan fingerprint density at radius 3 is 2.79 bits per heavy atom. The number of hydrogen-bond donors (Lipinski definition) is 4. The van der Waals surface area contributed by atoms with Crippen molar-refractivity contribution in [3.8, 4) is 0 Å². The second-order valence-electron chi connectivity index (χ2n) is 10.3. The van der Waals surface area contributed by atoms with Gasteiger partial charge in [0, 0.05) is 47.8 Å². The molecule has 5 heterocycles. The first-order valence-electron chi connectivity index (χ1n) is 12.4. The maximum absolute atomic E-state index is 13.1. The molecule has 208 valence electrons. The first-order chi connectivity index (χ1) is 18.0. The van der Waals surface area contributed by atoms with Gasteiger partial charge >= 0.3 is 5.97 Å². The topological polar surface area (TPSA) is 206 Å². The normalized spacial score (nSPS) is 32.0. The lowest BCUT2D eigenvalue weighted by Crippen LogP contribution is -2.66. The molecule has 15 nitrogen and oxygen atoms in total. The van der Waals surface area contributed by atoms with E-state index in [1.165, 1.54) is 23.0 Å². The number of tetrazole rings is 1. The molecule has 3 fully saturated rings. The highest BCUT2D eigenvalue weighted by molar-refractivity contribution is 8.03. The average molecular weight is 570 g/mol. The van der Waals surface area contributed by atoms with Crippen LogP contribution >= 0.6 is 11.8 Å². The van der Waals surface area contributed by atoms with E-state index in [9.17, 15) is 27.9 Å². The van der Waals surface area contributed by atoms with Gasteiger partial charge in [0.25, 0.3) is 0 Å². The number of β-lactam (4-membered cyclic amide) rings is 1. The number of thioether (sulfide) groups is 1. The molecule has 5 rings (SSSR count). The van der Waals surface area contributed by atoms with Crippen LogP contribution in [0.15, 0.2) is 16.9 Å². The van der Waals surface area contributed by atoms with Crippen LogP contribution in [0.25, 0.3) is 0 Å². The van der Waals surface area contributed by atoms with E-state index in [0.29, 0.717) is 31.0 Å². The number of nitrogens with one attached hydrogen (secondary N) is 2. The number of carboxylic acids is 1. The third-order valence-corrected chi connectivity index (χ3v) is 10.5. The number of aliphatic carboxylic acids is 1. The molecule has 5 N–H and O–H groups in total. The summed E-state index contributed by atoms with van der Waals surface area (Å²) >= 11 is 1.39. The Morgan fingerprint density at radius 2 is 2.16 bits per heavy atom. The van der Waals surface area contributed by atoms with Crippen LogP contribution in [-0.2, 0) is 30.3 Å². The molecule has 2 amide bonds. The van der Waals surface area contributed by atoms with Gasteiger partial charge in [-0.2, -0.15) is 0 Å². The van der Waals surface area contributed by atoms with E-state index in [4.69, 9.17) is 5.73 Å². The van der Waals surface area contributed by atoms with E-state index in [1.54, 1.807) is 11.8 Å².